The quantitative estimate of drug-likeness (QED) is 0.0580. The number of rotatable bonds is 57. The molecule has 1 rings (SSSR count). The van der Waals surface area contributed by atoms with Crippen LogP contribution in [0.15, 0.2) is 24.3 Å². The van der Waals surface area contributed by atoms with Gasteiger partial charge in [0, 0.05) is 6.61 Å². The van der Waals surface area contributed by atoms with E-state index in [2.05, 4.69) is 38.1 Å². The second-order valence-electron chi connectivity index (χ2n) is 16.7. The Morgan fingerprint density at radius 2 is 0.462 bits per heavy atom. The Hall–Kier alpha value is -1.42. The third kappa shape index (κ3) is 50.3. The number of unbranched alkanes of at least 4 members (excludes halogenated alkanes) is 19. The largest absolute Gasteiger partial charge is 0.491 e. The predicted molar refractivity (Wildman–Crippen MR) is 263 cm³/mol. The van der Waals surface area contributed by atoms with Crippen LogP contribution in [0.5, 0.6) is 5.75 Å². The first-order valence-corrected chi connectivity index (χ1v) is 26.4. The van der Waals surface area contributed by atoms with Crippen LogP contribution in [0.25, 0.3) is 0 Å². The maximum absolute atomic E-state index is 5.80. The van der Waals surface area contributed by atoms with E-state index in [1.54, 1.807) is 0 Å². The minimum atomic E-state index is 0.516. The molecule has 12 heteroatoms. The Kier molecular flexibility index (Phi) is 52.3. The highest BCUT2D eigenvalue weighted by Gasteiger charge is 2.00. The van der Waals surface area contributed by atoms with E-state index in [4.69, 9.17) is 56.8 Å². The lowest BCUT2D eigenvalue weighted by Crippen LogP contribution is -2.15. The summed E-state index contributed by atoms with van der Waals surface area (Å²) in [7, 11) is 0. The number of aryl methyl sites for hydroxylation is 1. The number of hydrogen-bond acceptors (Lipinski definition) is 12. The molecule has 0 N–H and O–H groups in total. The first-order valence-electron chi connectivity index (χ1n) is 26.4. The Morgan fingerprint density at radius 3 is 0.754 bits per heavy atom. The molecule has 0 aromatic heterocycles. The van der Waals surface area contributed by atoms with Gasteiger partial charge in [-0.25, -0.2) is 0 Å². The first-order chi connectivity index (χ1) is 32.4. The Balaban J connectivity index is 1.64. The second kappa shape index (κ2) is 55.2. The molecule has 65 heavy (non-hydrogen) atoms. The zero-order valence-corrected chi connectivity index (χ0v) is 42.0. The minimum absolute atomic E-state index is 0.516. The SMILES string of the molecule is CCCCCCCCCCCCCCCCOCCOCCOCCOCCOCCOCCOCCOCCOCCOCCOCCOc1ccc(CCCCCCCCC)cc1. The fourth-order valence-corrected chi connectivity index (χ4v) is 6.96. The zero-order chi connectivity index (χ0) is 46.3. The van der Waals surface area contributed by atoms with Crippen LogP contribution in [0, 0.1) is 0 Å². The molecular weight excluding hydrogens is 829 g/mol. The molecule has 0 heterocycles. The summed E-state index contributed by atoms with van der Waals surface area (Å²) >= 11 is 0. The summed E-state index contributed by atoms with van der Waals surface area (Å²) in [6.07, 6.45) is 29.8. The van der Waals surface area contributed by atoms with Crippen molar-refractivity contribution in [3.05, 3.63) is 29.8 Å². The molecule has 1 aromatic carbocycles. The molecule has 0 aliphatic rings. The highest BCUT2D eigenvalue weighted by molar-refractivity contribution is 5.27. The summed E-state index contributed by atoms with van der Waals surface area (Å²) in [4.78, 5) is 0. The number of ether oxygens (including phenoxy) is 12. The number of hydrogen-bond donors (Lipinski definition) is 0. The van der Waals surface area contributed by atoms with Crippen LogP contribution in [0.4, 0.5) is 0 Å². The van der Waals surface area contributed by atoms with Crippen LogP contribution < -0.4 is 4.74 Å². The fraction of sp³-hybridized carbons (Fsp3) is 0.887. The highest BCUT2D eigenvalue weighted by atomic mass is 16.6. The van der Waals surface area contributed by atoms with Gasteiger partial charge in [0.15, 0.2) is 0 Å². The summed E-state index contributed by atoms with van der Waals surface area (Å²) in [6, 6.07) is 8.47. The Bertz CT molecular complexity index is 1000. The molecule has 0 saturated heterocycles. The van der Waals surface area contributed by atoms with E-state index in [0.29, 0.717) is 145 Å². The van der Waals surface area contributed by atoms with Crippen molar-refractivity contribution in [2.75, 3.05) is 152 Å². The molecule has 0 aliphatic heterocycles. The summed E-state index contributed by atoms with van der Waals surface area (Å²) in [5.74, 6) is 0.889. The lowest BCUT2D eigenvalue weighted by Gasteiger charge is -2.09. The average Bonchev–Trinajstić information content (AvgIpc) is 3.32. The van der Waals surface area contributed by atoms with Crippen molar-refractivity contribution in [2.24, 2.45) is 0 Å². The normalized spacial score (nSPS) is 11.6. The van der Waals surface area contributed by atoms with Gasteiger partial charge in [-0.3, -0.25) is 0 Å². The lowest BCUT2D eigenvalue weighted by molar-refractivity contribution is -0.0277. The molecule has 0 unspecified atom stereocenters. The van der Waals surface area contributed by atoms with Crippen molar-refractivity contribution in [1.82, 2.24) is 0 Å². The van der Waals surface area contributed by atoms with Crippen molar-refractivity contribution in [3.8, 4) is 5.75 Å². The van der Waals surface area contributed by atoms with Gasteiger partial charge < -0.3 is 56.8 Å². The fourth-order valence-electron chi connectivity index (χ4n) is 6.96. The molecule has 0 spiro atoms. The highest BCUT2D eigenvalue weighted by Crippen LogP contribution is 2.16. The van der Waals surface area contributed by atoms with Gasteiger partial charge >= 0.3 is 0 Å². The van der Waals surface area contributed by atoms with Crippen molar-refractivity contribution in [3.63, 3.8) is 0 Å². The van der Waals surface area contributed by atoms with E-state index in [9.17, 15) is 0 Å². The third-order valence-corrected chi connectivity index (χ3v) is 10.9. The molecule has 0 radical (unpaired) electrons. The van der Waals surface area contributed by atoms with Gasteiger partial charge in [0.05, 0.1) is 139 Å². The van der Waals surface area contributed by atoms with Crippen LogP contribution in [-0.2, 0) is 58.5 Å². The summed E-state index contributed by atoms with van der Waals surface area (Å²) in [5.41, 5.74) is 1.38. The van der Waals surface area contributed by atoms with Crippen LogP contribution in [-0.4, -0.2) is 152 Å². The summed E-state index contributed by atoms with van der Waals surface area (Å²) in [6.45, 7) is 17.2. The lowest BCUT2D eigenvalue weighted by atomic mass is 10.0. The molecule has 0 bridgehead atoms. The standard InChI is InChI=1S/C53H100O12/c1-3-5-7-9-11-12-13-14-15-16-17-19-21-23-29-54-30-31-55-32-33-56-34-35-57-36-37-58-38-39-59-40-41-60-42-43-61-44-45-62-46-47-63-48-49-64-50-51-65-53-27-25-52(26-28-53)24-22-20-18-10-8-6-4-2/h25-28H,3-24,29-51H2,1-2H3. The molecule has 0 aliphatic carbocycles. The molecule has 12 nitrogen and oxygen atoms in total. The van der Waals surface area contributed by atoms with Crippen molar-refractivity contribution in [1.29, 1.82) is 0 Å². The summed E-state index contributed by atoms with van der Waals surface area (Å²) in [5, 5.41) is 0. The molecule has 384 valence electrons. The number of benzene rings is 1. The maximum Gasteiger partial charge on any atom is 0.119 e. The second-order valence-corrected chi connectivity index (χ2v) is 16.7. The van der Waals surface area contributed by atoms with E-state index < -0.39 is 0 Å². The van der Waals surface area contributed by atoms with Gasteiger partial charge in [-0.1, -0.05) is 148 Å². The molecule has 0 atom stereocenters. The van der Waals surface area contributed by atoms with E-state index in [1.165, 1.54) is 134 Å². The molecule has 0 amide bonds. The van der Waals surface area contributed by atoms with Gasteiger partial charge in [0.2, 0.25) is 0 Å². The van der Waals surface area contributed by atoms with Gasteiger partial charge in [0.25, 0.3) is 0 Å². The van der Waals surface area contributed by atoms with Crippen molar-refractivity contribution >= 4 is 0 Å². The van der Waals surface area contributed by atoms with Crippen LogP contribution >= 0.6 is 0 Å². The maximum atomic E-state index is 5.80. The molecule has 0 saturated carbocycles. The monoisotopic (exact) mass is 929 g/mol. The Labute approximate surface area is 398 Å². The van der Waals surface area contributed by atoms with Crippen LogP contribution in [0.1, 0.15) is 154 Å². The third-order valence-electron chi connectivity index (χ3n) is 10.9. The van der Waals surface area contributed by atoms with Gasteiger partial charge in [-0.2, -0.15) is 0 Å². The van der Waals surface area contributed by atoms with E-state index in [-0.39, 0.29) is 0 Å². The van der Waals surface area contributed by atoms with Crippen LogP contribution in [0.3, 0.4) is 0 Å². The first kappa shape index (κ1) is 61.6. The predicted octanol–water partition coefficient (Wildman–Crippen LogP) is 11.0. The topological polar surface area (TPSA) is 111 Å². The Morgan fingerprint density at radius 1 is 0.231 bits per heavy atom. The van der Waals surface area contributed by atoms with Gasteiger partial charge in [-0.15, -0.1) is 0 Å². The average molecular weight is 929 g/mol. The van der Waals surface area contributed by atoms with E-state index >= 15 is 0 Å². The molecule has 1 aromatic rings. The van der Waals surface area contributed by atoms with E-state index in [1.807, 2.05) is 0 Å². The van der Waals surface area contributed by atoms with Gasteiger partial charge in [0.1, 0.15) is 12.4 Å². The minimum Gasteiger partial charge on any atom is -0.491 e. The smallest absolute Gasteiger partial charge is 0.119 e. The summed E-state index contributed by atoms with van der Waals surface area (Å²) < 4.78 is 67.1. The van der Waals surface area contributed by atoms with Gasteiger partial charge in [-0.05, 0) is 37.0 Å². The molecule has 0 fully saturated rings. The van der Waals surface area contributed by atoms with E-state index in [0.717, 1.165) is 25.2 Å². The molecular formula is C53H100O12. The zero-order valence-electron chi connectivity index (χ0n) is 42.0. The van der Waals surface area contributed by atoms with Crippen LogP contribution in [0.2, 0.25) is 0 Å². The van der Waals surface area contributed by atoms with Crippen molar-refractivity contribution in [2.45, 2.75) is 155 Å². The van der Waals surface area contributed by atoms with Crippen molar-refractivity contribution < 1.29 is 56.8 Å².